The molecule has 0 spiro atoms. The number of aromatic nitrogens is 2. The lowest BCUT2D eigenvalue weighted by Crippen LogP contribution is -2.43. The third-order valence-electron chi connectivity index (χ3n) is 8.71. The quantitative estimate of drug-likeness (QED) is 0.381. The zero-order chi connectivity index (χ0) is 28.1. The Balaban J connectivity index is 1.04. The van der Waals surface area contributed by atoms with Gasteiger partial charge in [-0.05, 0) is 77.1 Å². The Morgan fingerprint density at radius 2 is 1.93 bits per heavy atom. The van der Waals surface area contributed by atoms with Crippen LogP contribution in [0, 0.1) is 17.8 Å². The molecule has 0 aromatic carbocycles. The first-order valence-electron chi connectivity index (χ1n) is 14.9. The first-order valence-corrected chi connectivity index (χ1v) is 15.2. The zero-order valence-electron chi connectivity index (χ0n) is 24.1. The van der Waals surface area contributed by atoms with E-state index in [0.717, 1.165) is 76.0 Å². The molecule has 2 aliphatic heterocycles. The Morgan fingerprint density at radius 1 is 1.18 bits per heavy atom. The Labute approximate surface area is 244 Å². The molecule has 1 aromatic rings. The number of allylic oxidation sites excluding steroid dienone is 4. The summed E-state index contributed by atoms with van der Waals surface area (Å²) in [5.41, 5.74) is 3.14. The summed E-state index contributed by atoms with van der Waals surface area (Å²) in [4.78, 5) is 25.8. The highest BCUT2D eigenvalue weighted by molar-refractivity contribution is 6.32. The number of nitrogens with zero attached hydrogens (tertiary/aromatic N) is 4. The number of anilines is 1. The maximum absolute atomic E-state index is 12.4. The second kappa shape index (κ2) is 13.3. The molecule has 0 bridgehead atoms. The van der Waals surface area contributed by atoms with E-state index >= 15 is 0 Å². The lowest BCUT2D eigenvalue weighted by molar-refractivity contribution is -0.127. The van der Waals surface area contributed by atoms with Gasteiger partial charge in [0.2, 0.25) is 11.9 Å². The second-order valence-electron chi connectivity index (χ2n) is 12.0. The highest BCUT2D eigenvalue weighted by Gasteiger charge is 2.33. The van der Waals surface area contributed by atoms with Crippen molar-refractivity contribution in [2.45, 2.75) is 57.5 Å². The molecule has 4 aliphatic rings. The van der Waals surface area contributed by atoms with Crippen molar-refractivity contribution in [3.8, 4) is 0 Å². The fraction of sp³-hybridized carbons (Fsp3) is 0.581. The molecule has 40 heavy (non-hydrogen) atoms. The van der Waals surface area contributed by atoms with Gasteiger partial charge in [-0.3, -0.25) is 4.79 Å². The van der Waals surface area contributed by atoms with Crippen LogP contribution in [0.3, 0.4) is 0 Å². The van der Waals surface area contributed by atoms with E-state index in [9.17, 15) is 4.79 Å². The molecule has 1 aromatic heterocycles. The molecule has 1 saturated heterocycles. The predicted molar refractivity (Wildman–Crippen MR) is 163 cm³/mol. The van der Waals surface area contributed by atoms with Crippen molar-refractivity contribution in [3.63, 3.8) is 0 Å². The van der Waals surface area contributed by atoms with E-state index in [4.69, 9.17) is 16.6 Å². The van der Waals surface area contributed by atoms with E-state index in [0.29, 0.717) is 34.9 Å². The smallest absolute Gasteiger partial charge is 0.246 e. The van der Waals surface area contributed by atoms with Gasteiger partial charge in [0.15, 0.2) is 0 Å². The van der Waals surface area contributed by atoms with Crippen molar-refractivity contribution >= 4 is 29.0 Å². The predicted octanol–water partition coefficient (Wildman–Crippen LogP) is 4.45. The van der Waals surface area contributed by atoms with Crippen molar-refractivity contribution in [1.82, 2.24) is 30.4 Å². The van der Waals surface area contributed by atoms with Crippen molar-refractivity contribution in [2.24, 2.45) is 17.8 Å². The molecule has 3 heterocycles. The summed E-state index contributed by atoms with van der Waals surface area (Å²) in [6.07, 6.45) is 20.5. The SMILES string of the molecule is CC1C=CC=C2NC=C(c3nc(NC4CCC(NCC5CCN(C(=O)/C=C/CN(C)C)CC5)CC4)ncc3Cl)C21. The first-order chi connectivity index (χ1) is 19.4. The van der Waals surface area contributed by atoms with Gasteiger partial charge in [-0.25, -0.2) is 9.97 Å². The molecule has 1 saturated carbocycles. The zero-order valence-corrected chi connectivity index (χ0v) is 24.8. The number of hydrogen-bond acceptors (Lipinski definition) is 7. The maximum atomic E-state index is 12.4. The number of piperidine rings is 1. The van der Waals surface area contributed by atoms with E-state index in [-0.39, 0.29) is 11.8 Å². The van der Waals surface area contributed by atoms with Crippen LogP contribution >= 0.6 is 11.6 Å². The average molecular weight is 566 g/mol. The Hall–Kier alpha value is -2.68. The van der Waals surface area contributed by atoms with E-state index in [1.165, 1.54) is 5.70 Å². The van der Waals surface area contributed by atoms with Crippen molar-refractivity contribution in [2.75, 3.05) is 45.6 Å². The van der Waals surface area contributed by atoms with Crippen LogP contribution in [0.15, 0.2) is 48.5 Å². The molecule has 2 aliphatic carbocycles. The van der Waals surface area contributed by atoms with Gasteiger partial charge in [-0.2, -0.15) is 0 Å². The summed E-state index contributed by atoms with van der Waals surface area (Å²) >= 11 is 6.58. The summed E-state index contributed by atoms with van der Waals surface area (Å²) in [6.45, 7) is 5.78. The molecule has 9 heteroatoms. The molecule has 3 N–H and O–H groups in total. The van der Waals surface area contributed by atoms with Crippen molar-refractivity contribution < 1.29 is 4.79 Å². The molecule has 1 amide bonds. The number of likely N-dealkylation sites (N-methyl/N-ethyl adjacent to an activating group) is 1. The highest BCUT2D eigenvalue weighted by Crippen LogP contribution is 2.41. The molecule has 2 unspecified atom stereocenters. The van der Waals surface area contributed by atoms with Crippen LogP contribution in [0.1, 0.15) is 51.1 Å². The monoisotopic (exact) mass is 565 g/mol. The van der Waals surface area contributed by atoms with E-state index in [2.05, 4.69) is 51.0 Å². The Bertz CT molecular complexity index is 1160. The summed E-state index contributed by atoms with van der Waals surface area (Å²) in [5, 5.41) is 11.4. The minimum Gasteiger partial charge on any atom is -0.364 e. The van der Waals surface area contributed by atoms with Gasteiger partial charge >= 0.3 is 0 Å². The van der Waals surface area contributed by atoms with Crippen LogP contribution in [0.2, 0.25) is 5.02 Å². The lowest BCUT2D eigenvalue weighted by Gasteiger charge is -2.34. The van der Waals surface area contributed by atoms with Gasteiger partial charge in [-0.1, -0.05) is 36.8 Å². The van der Waals surface area contributed by atoms with Crippen molar-refractivity contribution in [3.05, 3.63) is 59.2 Å². The number of halogens is 1. The number of likely N-dealkylation sites (tertiary alicyclic amines) is 1. The molecular formula is C31H44ClN7O. The maximum Gasteiger partial charge on any atom is 0.246 e. The third-order valence-corrected chi connectivity index (χ3v) is 8.99. The van der Waals surface area contributed by atoms with Gasteiger partial charge in [0.1, 0.15) is 0 Å². The highest BCUT2D eigenvalue weighted by atomic mass is 35.5. The minimum atomic E-state index is 0.148. The largest absolute Gasteiger partial charge is 0.364 e. The third kappa shape index (κ3) is 7.14. The van der Waals surface area contributed by atoms with Crippen LogP contribution in [-0.2, 0) is 4.79 Å². The molecule has 2 fully saturated rings. The van der Waals surface area contributed by atoms with Crippen molar-refractivity contribution in [1.29, 1.82) is 0 Å². The van der Waals surface area contributed by atoms with Crippen LogP contribution < -0.4 is 16.0 Å². The summed E-state index contributed by atoms with van der Waals surface area (Å²) < 4.78 is 0. The van der Waals surface area contributed by atoms with E-state index in [1.54, 1.807) is 12.3 Å². The molecule has 5 rings (SSSR count). The second-order valence-corrected chi connectivity index (χ2v) is 12.4. The Kier molecular flexibility index (Phi) is 9.60. The standard InChI is InChI=1S/C31H44ClN7O/c1-21-6-4-7-27-29(21)25(19-34-27)30-26(32)20-35-31(37-30)36-24-11-9-23(10-12-24)33-18-22-13-16-39(17-14-22)28(40)8-5-15-38(2)3/h4-8,19-24,29,33-34H,9-18H2,1-3H3,(H,35,36,37)/b8-5+. The molecular weight excluding hydrogens is 522 g/mol. The number of hydrogen-bond donors (Lipinski definition) is 3. The fourth-order valence-corrected chi connectivity index (χ4v) is 6.51. The summed E-state index contributed by atoms with van der Waals surface area (Å²) in [5.74, 6) is 2.09. The number of carbonyl (C=O) groups is 1. The van der Waals surface area contributed by atoms with Crippen LogP contribution in [0.5, 0.6) is 0 Å². The van der Waals surface area contributed by atoms with Gasteiger partial charge < -0.3 is 25.8 Å². The molecule has 0 radical (unpaired) electrons. The van der Waals surface area contributed by atoms with Crippen LogP contribution in [-0.4, -0.2) is 78.0 Å². The number of rotatable bonds is 9. The van der Waals surface area contributed by atoms with Crippen LogP contribution in [0.4, 0.5) is 5.95 Å². The van der Waals surface area contributed by atoms with Gasteiger partial charge in [-0.15, -0.1) is 0 Å². The number of nitrogens with one attached hydrogen (secondary N) is 3. The minimum absolute atomic E-state index is 0.148. The number of amides is 1. The average Bonchev–Trinajstić information content (AvgIpc) is 3.39. The van der Waals surface area contributed by atoms with Gasteiger partial charge in [0, 0.05) is 61.2 Å². The first kappa shape index (κ1) is 28.8. The molecule has 216 valence electrons. The molecule has 8 nitrogen and oxygen atoms in total. The summed E-state index contributed by atoms with van der Waals surface area (Å²) in [6, 6.07) is 0.915. The van der Waals surface area contributed by atoms with Crippen LogP contribution in [0.25, 0.3) is 5.57 Å². The van der Waals surface area contributed by atoms with E-state index < -0.39 is 0 Å². The Morgan fingerprint density at radius 3 is 2.67 bits per heavy atom. The summed E-state index contributed by atoms with van der Waals surface area (Å²) in [7, 11) is 4.02. The number of carbonyl (C=O) groups excluding carboxylic acids is 1. The molecule has 2 atom stereocenters. The van der Waals surface area contributed by atoms with Gasteiger partial charge in [0.05, 0.1) is 16.9 Å². The number of fused-ring (bicyclic) bond motifs is 1. The lowest BCUT2D eigenvalue weighted by atomic mass is 9.82. The topological polar surface area (TPSA) is 85.4 Å². The normalized spacial score (nSPS) is 27.0. The fourth-order valence-electron chi connectivity index (χ4n) is 6.31. The van der Waals surface area contributed by atoms with E-state index in [1.807, 2.05) is 31.3 Å². The van der Waals surface area contributed by atoms with Gasteiger partial charge in [0.25, 0.3) is 0 Å².